The molecule has 2 rings (SSSR count). The maximum absolute atomic E-state index is 13.7. The van der Waals surface area contributed by atoms with Gasteiger partial charge in [-0.05, 0) is 50.6 Å². The highest BCUT2D eigenvalue weighted by Crippen LogP contribution is 2.32. The summed E-state index contributed by atoms with van der Waals surface area (Å²) in [6.07, 6.45) is 1.65. The zero-order valence-corrected chi connectivity index (χ0v) is 13.6. The van der Waals surface area contributed by atoms with Crippen LogP contribution in [-0.4, -0.2) is 16.3 Å². The Balaban J connectivity index is 2.59. The number of halogens is 2. The second kappa shape index (κ2) is 6.58. The van der Waals surface area contributed by atoms with Gasteiger partial charge in [-0.2, -0.15) is 5.10 Å². The molecular weight excluding hydrogens is 289 g/mol. The van der Waals surface area contributed by atoms with Gasteiger partial charge in [0.25, 0.3) is 0 Å². The van der Waals surface area contributed by atoms with Gasteiger partial charge in [-0.1, -0.05) is 24.6 Å². The van der Waals surface area contributed by atoms with Crippen molar-refractivity contribution in [1.29, 1.82) is 0 Å². The fraction of sp³-hybridized carbons (Fsp3) is 0.438. The normalized spacial score (nSPS) is 12.9. The molecule has 2 aromatic rings. The quantitative estimate of drug-likeness (QED) is 0.894. The van der Waals surface area contributed by atoms with Gasteiger partial charge in [0, 0.05) is 6.04 Å². The van der Waals surface area contributed by atoms with Crippen LogP contribution in [0.3, 0.4) is 0 Å². The van der Waals surface area contributed by atoms with E-state index < -0.39 is 0 Å². The molecule has 114 valence electrons. The molecule has 0 bridgehead atoms. The van der Waals surface area contributed by atoms with Crippen LogP contribution in [0.1, 0.15) is 49.7 Å². The number of hydrogen-bond donors (Lipinski definition) is 1. The van der Waals surface area contributed by atoms with E-state index in [1.807, 2.05) is 32.4 Å². The van der Waals surface area contributed by atoms with E-state index in [1.165, 1.54) is 6.07 Å². The predicted octanol–water partition coefficient (Wildman–Crippen LogP) is 4.26. The first kappa shape index (κ1) is 16.0. The van der Waals surface area contributed by atoms with Crippen LogP contribution in [0.15, 0.2) is 24.4 Å². The maximum atomic E-state index is 13.7. The highest BCUT2D eigenvalue weighted by molar-refractivity contribution is 6.31. The summed E-state index contributed by atoms with van der Waals surface area (Å²) in [5, 5.41) is 8.34. The summed E-state index contributed by atoms with van der Waals surface area (Å²) in [5.41, 5.74) is 2.79. The largest absolute Gasteiger partial charge is 0.305 e. The molecule has 0 spiro atoms. The third kappa shape index (κ3) is 3.27. The van der Waals surface area contributed by atoms with Crippen LogP contribution >= 0.6 is 11.6 Å². The summed E-state index contributed by atoms with van der Waals surface area (Å²) in [6.45, 7) is 8.84. The first-order valence-electron chi connectivity index (χ1n) is 7.18. The molecule has 5 heteroatoms. The van der Waals surface area contributed by atoms with Gasteiger partial charge in [0.15, 0.2) is 0 Å². The van der Waals surface area contributed by atoms with Crippen molar-refractivity contribution in [3.05, 3.63) is 52.1 Å². The first-order valence-corrected chi connectivity index (χ1v) is 7.55. The fourth-order valence-corrected chi connectivity index (χ4v) is 2.75. The van der Waals surface area contributed by atoms with Crippen LogP contribution in [0.5, 0.6) is 0 Å². The predicted molar refractivity (Wildman–Crippen MR) is 84.3 cm³/mol. The minimum Gasteiger partial charge on any atom is -0.305 e. The molecule has 0 saturated carbocycles. The summed E-state index contributed by atoms with van der Waals surface area (Å²) in [6, 6.07) is 4.84. The van der Waals surface area contributed by atoms with E-state index >= 15 is 0 Å². The lowest BCUT2D eigenvalue weighted by Gasteiger charge is -2.23. The number of aromatic nitrogens is 2. The summed E-state index contributed by atoms with van der Waals surface area (Å²) < 4.78 is 15.6. The molecule has 1 N–H and O–H groups in total. The van der Waals surface area contributed by atoms with E-state index in [1.54, 1.807) is 18.3 Å². The lowest BCUT2D eigenvalue weighted by molar-refractivity contribution is 0.474. The van der Waals surface area contributed by atoms with E-state index in [0.717, 1.165) is 23.4 Å². The van der Waals surface area contributed by atoms with Crippen molar-refractivity contribution >= 4 is 11.6 Å². The van der Waals surface area contributed by atoms with Gasteiger partial charge in [0.05, 0.1) is 23.0 Å². The van der Waals surface area contributed by atoms with E-state index in [-0.39, 0.29) is 17.9 Å². The molecule has 0 saturated heterocycles. The fourth-order valence-electron chi connectivity index (χ4n) is 2.51. The molecule has 0 radical (unpaired) electrons. The zero-order chi connectivity index (χ0) is 15.6. The van der Waals surface area contributed by atoms with Crippen LogP contribution in [0, 0.1) is 12.7 Å². The Kier molecular flexibility index (Phi) is 5.01. The van der Waals surface area contributed by atoms with Gasteiger partial charge in [0.1, 0.15) is 5.82 Å². The zero-order valence-electron chi connectivity index (χ0n) is 12.8. The van der Waals surface area contributed by atoms with E-state index in [4.69, 9.17) is 11.6 Å². The molecule has 0 amide bonds. The Bertz CT molecular complexity index is 622. The number of nitrogens with one attached hydrogen (secondary N) is 1. The lowest BCUT2D eigenvalue weighted by atomic mass is 9.98. The van der Waals surface area contributed by atoms with Crippen molar-refractivity contribution in [3.63, 3.8) is 0 Å². The molecule has 1 aromatic carbocycles. The van der Waals surface area contributed by atoms with Crippen molar-refractivity contribution in [2.24, 2.45) is 0 Å². The van der Waals surface area contributed by atoms with Crippen LogP contribution in [-0.2, 0) is 0 Å². The maximum Gasteiger partial charge on any atom is 0.123 e. The second-order valence-corrected chi connectivity index (χ2v) is 5.81. The molecule has 1 unspecified atom stereocenters. The average molecular weight is 310 g/mol. The van der Waals surface area contributed by atoms with Gasteiger partial charge in [-0.3, -0.25) is 4.68 Å². The average Bonchev–Trinajstić information content (AvgIpc) is 2.81. The molecule has 1 aromatic heterocycles. The Morgan fingerprint density at radius 1 is 1.38 bits per heavy atom. The van der Waals surface area contributed by atoms with Gasteiger partial charge < -0.3 is 5.32 Å². The second-order valence-electron chi connectivity index (χ2n) is 5.41. The molecule has 21 heavy (non-hydrogen) atoms. The van der Waals surface area contributed by atoms with E-state index in [9.17, 15) is 4.39 Å². The smallest absolute Gasteiger partial charge is 0.123 e. The van der Waals surface area contributed by atoms with Crippen LogP contribution in [0.4, 0.5) is 4.39 Å². The molecule has 3 nitrogen and oxygen atoms in total. The van der Waals surface area contributed by atoms with E-state index in [2.05, 4.69) is 10.4 Å². The molecule has 1 atom stereocenters. The van der Waals surface area contributed by atoms with Crippen molar-refractivity contribution in [1.82, 2.24) is 15.1 Å². The first-order chi connectivity index (χ1) is 9.95. The third-order valence-electron chi connectivity index (χ3n) is 3.51. The van der Waals surface area contributed by atoms with Crippen molar-refractivity contribution in [2.45, 2.75) is 39.8 Å². The van der Waals surface area contributed by atoms with Crippen molar-refractivity contribution in [2.75, 3.05) is 6.54 Å². The van der Waals surface area contributed by atoms with Crippen LogP contribution in [0.25, 0.3) is 0 Å². The lowest BCUT2D eigenvalue weighted by Crippen LogP contribution is -2.26. The molecule has 1 heterocycles. The Morgan fingerprint density at radius 2 is 2.10 bits per heavy atom. The molecular formula is C16H21ClFN3. The monoisotopic (exact) mass is 309 g/mol. The minimum absolute atomic E-state index is 0.178. The Morgan fingerprint density at radius 3 is 2.71 bits per heavy atom. The summed E-state index contributed by atoms with van der Waals surface area (Å²) in [7, 11) is 0. The SMILES string of the molecule is CCNC(c1cc(F)ccc1C)c1c(Cl)cnn1C(C)C. The van der Waals surface area contributed by atoms with Crippen LogP contribution < -0.4 is 5.32 Å². The van der Waals surface area contributed by atoms with Gasteiger partial charge in [-0.15, -0.1) is 0 Å². The third-order valence-corrected chi connectivity index (χ3v) is 3.80. The summed E-state index contributed by atoms with van der Waals surface area (Å²) in [5.74, 6) is -0.245. The molecule has 0 aliphatic heterocycles. The van der Waals surface area contributed by atoms with E-state index in [0.29, 0.717) is 5.02 Å². The Labute approximate surface area is 130 Å². The molecule has 0 aliphatic carbocycles. The van der Waals surface area contributed by atoms with Gasteiger partial charge in [-0.25, -0.2) is 4.39 Å². The molecule has 0 fully saturated rings. The summed E-state index contributed by atoms with van der Waals surface area (Å²) in [4.78, 5) is 0. The number of benzene rings is 1. The summed E-state index contributed by atoms with van der Waals surface area (Å²) >= 11 is 6.34. The number of hydrogen-bond acceptors (Lipinski definition) is 2. The highest BCUT2D eigenvalue weighted by Gasteiger charge is 2.24. The molecule has 0 aliphatic rings. The van der Waals surface area contributed by atoms with Gasteiger partial charge in [0.2, 0.25) is 0 Å². The number of rotatable bonds is 5. The van der Waals surface area contributed by atoms with Gasteiger partial charge >= 0.3 is 0 Å². The van der Waals surface area contributed by atoms with Crippen molar-refractivity contribution in [3.8, 4) is 0 Å². The standard InChI is InChI=1S/C16H21ClFN3/c1-5-19-15(13-8-12(18)7-6-11(13)4)16-14(17)9-20-21(16)10(2)3/h6-10,15,19H,5H2,1-4H3. The number of nitrogens with zero attached hydrogens (tertiary/aromatic N) is 2. The van der Waals surface area contributed by atoms with Crippen LogP contribution in [0.2, 0.25) is 5.02 Å². The Hall–Kier alpha value is -1.39. The van der Waals surface area contributed by atoms with Crippen molar-refractivity contribution < 1.29 is 4.39 Å². The topological polar surface area (TPSA) is 29.9 Å². The minimum atomic E-state index is -0.245. The number of aryl methyl sites for hydroxylation is 1. The highest BCUT2D eigenvalue weighted by atomic mass is 35.5.